The van der Waals surface area contributed by atoms with Crippen LogP contribution in [0.1, 0.15) is 78.6 Å². The zero-order valence-electron chi connectivity index (χ0n) is 12.3. The summed E-state index contributed by atoms with van der Waals surface area (Å²) in [5, 5.41) is 0. The van der Waals surface area contributed by atoms with Gasteiger partial charge in [0.05, 0.1) is 0 Å². The van der Waals surface area contributed by atoms with Crippen LogP contribution in [0.5, 0.6) is 0 Å². The third-order valence-corrected chi connectivity index (χ3v) is 5.70. The Morgan fingerprint density at radius 3 is 2.06 bits per heavy atom. The van der Waals surface area contributed by atoms with Crippen molar-refractivity contribution in [2.45, 2.75) is 78.6 Å². The number of rotatable bonds is 3. The van der Waals surface area contributed by atoms with E-state index in [4.69, 9.17) is 0 Å². The van der Waals surface area contributed by atoms with Crippen LogP contribution in [0, 0.1) is 29.6 Å². The van der Waals surface area contributed by atoms with E-state index < -0.39 is 0 Å². The van der Waals surface area contributed by atoms with Crippen molar-refractivity contribution >= 4 is 0 Å². The molecule has 0 aromatic rings. The summed E-state index contributed by atoms with van der Waals surface area (Å²) in [6, 6.07) is 0. The van der Waals surface area contributed by atoms with Gasteiger partial charge in [0.2, 0.25) is 0 Å². The van der Waals surface area contributed by atoms with E-state index in [9.17, 15) is 0 Å². The molecule has 2 aliphatic carbocycles. The van der Waals surface area contributed by atoms with Crippen LogP contribution in [0.2, 0.25) is 0 Å². The molecule has 0 radical (unpaired) electrons. The normalized spacial score (nSPS) is 43.6. The highest BCUT2D eigenvalue weighted by Crippen LogP contribution is 2.42. The van der Waals surface area contributed by atoms with E-state index in [0.717, 1.165) is 29.6 Å². The molecule has 0 bridgehead atoms. The van der Waals surface area contributed by atoms with E-state index in [1.807, 2.05) is 0 Å². The van der Waals surface area contributed by atoms with E-state index in [2.05, 4.69) is 20.8 Å². The minimum atomic E-state index is 1.00. The molecule has 2 saturated carbocycles. The first kappa shape index (κ1) is 13.4. The van der Waals surface area contributed by atoms with Crippen LogP contribution < -0.4 is 0 Å². The topological polar surface area (TPSA) is 0 Å². The Morgan fingerprint density at radius 1 is 0.765 bits per heavy atom. The first-order chi connectivity index (χ1) is 8.19. The maximum Gasteiger partial charge on any atom is -0.0383 e. The van der Waals surface area contributed by atoms with Crippen molar-refractivity contribution < 1.29 is 0 Å². The third-order valence-electron chi connectivity index (χ3n) is 5.70. The number of hydrogen-bond donors (Lipinski definition) is 0. The zero-order chi connectivity index (χ0) is 12.3. The highest BCUT2D eigenvalue weighted by atomic mass is 14.4. The highest BCUT2D eigenvalue weighted by molar-refractivity contribution is 4.81. The first-order valence-electron chi connectivity index (χ1n) is 8.19. The van der Waals surface area contributed by atoms with Crippen molar-refractivity contribution in [3.8, 4) is 0 Å². The lowest BCUT2D eigenvalue weighted by molar-refractivity contribution is 0.136. The molecule has 0 aromatic carbocycles. The van der Waals surface area contributed by atoms with Gasteiger partial charge in [0.15, 0.2) is 0 Å². The molecule has 0 spiro atoms. The predicted molar refractivity (Wildman–Crippen MR) is 76.0 cm³/mol. The summed E-state index contributed by atoms with van der Waals surface area (Å²) in [6.45, 7) is 7.31. The van der Waals surface area contributed by atoms with Crippen LogP contribution >= 0.6 is 0 Å². The van der Waals surface area contributed by atoms with E-state index in [1.54, 1.807) is 6.42 Å². The van der Waals surface area contributed by atoms with Crippen molar-refractivity contribution in [2.24, 2.45) is 29.6 Å². The van der Waals surface area contributed by atoms with E-state index in [0.29, 0.717) is 0 Å². The smallest absolute Gasteiger partial charge is 0.0383 e. The Kier molecular flexibility index (Phi) is 4.94. The molecule has 100 valence electrons. The Morgan fingerprint density at radius 2 is 1.41 bits per heavy atom. The van der Waals surface area contributed by atoms with Crippen LogP contribution in [0.25, 0.3) is 0 Å². The van der Waals surface area contributed by atoms with Crippen molar-refractivity contribution in [1.82, 2.24) is 0 Å². The quantitative estimate of drug-likeness (QED) is 0.592. The van der Waals surface area contributed by atoms with Gasteiger partial charge in [-0.1, -0.05) is 59.3 Å². The molecule has 0 saturated heterocycles. The fourth-order valence-electron chi connectivity index (χ4n) is 4.36. The molecule has 3 atom stereocenters. The lowest BCUT2D eigenvalue weighted by Gasteiger charge is -2.38. The van der Waals surface area contributed by atoms with Gasteiger partial charge in [0, 0.05) is 0 Å². The lowest BCUT2D eigenvalue weighted by Crippen LogP contribution is -2.26. The summed E-state index contributed by atoms with van der Waals surface area (Å²) in [7, 11) is 0. The molecule has 2 fully saturated rings. The Balaban J connectivity index is 1.80. The van der Waals surface area contributed by atoms with E-state index in [-0.39, 0.29) is 0 Å². The molecule has 0 amide bonds. The van der Waals surface area contributed by atoms with Crippen LogP contribution in [0.3, 0.4) is 0 Å². The van der Waals surface area contributed by atoms with Crippen molar-refractivity contribution in [1.29, 1.82) is 0 Å². The first-order valence-corrected chi connectivity index (χ1v) is 8.19. The van der Waals surface area contributed by atoms with Crippen LogP contribution in [0.15, 0.2) is 0 Å². The van der Waals surface area contributed by atoms with Gasteiger partial charge < -0.3 is 0 Å². The molecule has 17 heavy (non-hydrogen) atoms. The molecule has 0 aliphatic heterocycles. The second-order valence-corrected chi connectivity index (χ2v) is 7.21. The second kappa shape index (κ2) is 6.25. The largest absolute Gasteiger partial charge is 0.0651 e. The minimum absolute atomic E-state index is 1.00. The van der Waals surface area contributed by atoms with Gasteiger partial charge in [0.1, 0.15) is 0 Å². The number of hydrogen-bond acceptors (Lipinski definition) is 0. The third kappa shape index (κ3) is 3.73. The maximum absolute atomic E-state index is 2.46. The molecular weight excluding hydrogens is 204 g/mol. The molecule has 2 aliphatic rings. The minimum Gasteiger partial charge on any atom is -0.0651 e. The van der Waals surface area contributed by atoms with Gasteiger partial charge in [0.25, 0.3) is 0 Å². The average molecular weight is 236 g/mol. The van der Waals surface area contributed by atoms with Crippen molar-refractivity contribution in [2.75, 3.05) is 0 Å². The molecule has 0 N–H and O–H groups in total. The van der Waals surface area contributed by atoms with Gasteiger partial charge in [-0.15, -0.1) is 0 Å². The molecule has 2 rings (SSSR count). The monoisotopic (exact) mass is 236 g/mol. The molecule has 0 heterocycles. The fraction of sp³-hybridized carbons (Fsp3) is 1.00. The Labute approximate surface area is 109 Å². The van der Waals surface area contributed by atoms with Gasteiger partial charge in [-0.2, -0.15) is 0 Å². The molecular formula is C17H32. The van der Waals surface area contributed by atoms with E-state index >= 15 is 0 Å². The van der Waals surface area contributed by atoms with Gasteiger partial charge in [-0.05, 0) is 48.9 Å². The van der Waals surface area contributed by atoms with Gasteiger partial charge in [-0.25, -0.2) is 0 Å². The van der Waals surface area contributed by atoms with Crippen molar-refractivity contribution in [3.63, 3.8) is 0 Å². The molecule has 0 aromatic heterocycles. The summed E-state index contributed by atoms with van der Waals surface area (Å²) in [5.41, 5.74) is 0. The summed E-state index contributed by atoms with van der Waals surface area (Å²) < 4.78 is 0. The summed E-state index contributed by atoms with van der Waals surface area (Å²) in [6.07, 6.45) is 13.6. The highest BCUT2D eigenvalue weighted by Gasteiger charge is 2.30. The molecule has 0 nitrogen and oxygen atoms in total. The summed E-state index contributed by atoms with van der Waals surface area (Å²) in [4.78, 5) is 0. The van der Waals surface area contributed by atoms with Crippen LogP contribution in [0.4, 0.5) is 0 Å². The fourth-order valence-corrected chi connectivity index (χ4v) is 4.36. The SMILES string of the molecule is CC[C@@H]1CC(C)CCC1CC1CCC(C)CC1. The van der Waals surface area contributed by atoms with Crippen LogP contribution in [-0.4, -0.2) is 0 Å². The summed E-state index contributed by atoms with van der Waals surface area (Å²) in [5.74, 6) is 5.23. The summed E-state index contributed by atoms with van der Waals surface area (Å²) >= 11 is 0. The predicted octanol–water partition coefficient (Wildman–Crippen LogP) is 5.67. The average Bonchev–Trinajstić information content (AvgIpc) is 2.34. The van der Waals surface area contributed by atoms with Crippen molar-refractivity contribution in [3.05, 3.63) is 0 Å². The zero-order valence-corrected chi connectivity index (χ0v) is 12.3. The molecule has 0 heteroatoms. The van der Waals surface area contributed by atoms with Gasteiger partial charge in [-0.3, -0.25) is 0 Å². The Bertz CT molecular complexity index is 212. The van der Waals surface area contributed by atoms with Gasteiger partial charge >= 0.3 is 0 Å². The standard InChI is InChI=1S/C17H32/c1-4-16-11-14(3)7-10-17(16)12-15-8-5-13(2)6-9-15/h13-17H,4-12H2,1-3H3/t13?,14?,15?,16-,17?/m1/s1. The Hall–Kier alpha value is 0. The van der Waals surface area contributed by atoms with E-state index in [1.165, 1.54) is 51.4 Å². The molecule has 2 unspecified atom stereocenters. The second-order valence-electron chi connectivity index (χ2n) is 7.21. The maximum atomic E-state index is 2.46. The lowest BCUT2D eigenvalue weighted by atomic mass is 9.68. The van der Waals surface area contributed by atoms with Crippen LogP contribution in [-0.2, 0) is 0 Å².